The summed E-state index contributed by atoms with van der Waals surface area (Å²) in [6, 6.07) is 11.5. The zero-order valence-electron chi connectivity index (χ0n) is 25.1. The van der Waals surface area contributed by atoms with Gasteiger partial charge < -0.3 is 10.3 Å². The lowest BCUT2D eigenvalue weighted by Crippen LogP contribution is -2.58. The molecule has 1 aromatic heterocycles. The Morgan fingerprint density at radius 3 is 2.38 bits per heavy atom. The van der Waals surface area contributed by atoms with Gasteiger partial charge >= 0.3 is 0 Å². The first-order valence-corrected chi connectivity index (χ1v) is 15.6. The molecule has 1 aromatic carbocycles. The van der Waals surface area contributed by atoms with Gasteiger partial charge in [0.05, 0.1) is 23.6 Å². The van der Waals surface area contributed by atoms with Gasteiger partial charge in [0.1, 0.15) is 6.04 Å². The number of aliphatic hydroxyl groups is 1. The zero-order valence-corrected chi connectivity index (χ0v) is 25.9. The van der Waals surface area contributed by atoms with Crippen LogP contribution < -0.4 is 15.6 Å². The van der Waals surface area contributed by atoms with Gasteiger partial charge in [-0.3, -0.25) is 15.2 Å². The molecule has 3 unspecified atom stereocenters. The Labute approximate surface area is 250 Å². The second-order valence-corrected chi connectivity index (χ2v) is 13.1. The van der Waals surface area contributed by atoms with Crippen LogP contribution in [0.3, 0.4) is 0 Å². The Kier molecular flexibility index (Phi) is 13.7. The van der Waals surface area contributed by atoms with Crippen LogP contribution >= 0.6 is 0 Å². The van der Waals surface area contributed by atoms with E-state index in [1.807, 2.05) is 61.5 Å². The van der Waals surface area contributed by atoms with Gasteiger partial charge in [0, 0.05) is 24.8 Å². The Morgan fingerprint density at radius 1 is 1.17 bits per heavy atom. The second kappa shape index (κ2) is 16.4. The summed E-state index contributed by atoms with van der Waals surface area (Å²) in [6.07, 6.45) is 8.01. The molecule has 2 rings (SSSR count). The minimum absolute atomic E-state index is 0.0640. The van der Waals surface area contributed by atoms with Gasteiger partial charge in [0.25, 0.3) is 5.91 Å². The maximum atomic E-state index is 13.5. The van der Waals surface area contributed by atoms with Crippen LogP contribution in [0, 0.1) is 5.41 Å². The van der Waals surface area contributed by atoms with Crippen molar-refractivity contribution in [3.8, 4) is 11.3 Å². The zero-order chi connectivity index (χ0) is 31.3. The summed E-state index contributed by atoms with van der Waals surface area (Å²) in [6.45, 7) is 12.5. The lowest BCUT2D eigenvalue weighted by Gasteiger charge is -2.34. The number of carbonyl (C=O) groups excluding carboxylic acids is 1. The van der Waals surface area contributed by atoms with Crippen LogP contribution in [-0.4, -0.2) is 65.1 Å². The molecule has 2 aromatic rings. The highest BCUT2D eigenvalue weighted by molar-refractivity contribution is 7.89. The molecule has 5 N–H and O–H groups in total. The lowest BCUT2D eigenvalue weighted by atomic mass is 9.87. The van der Waals surface area contributed by atoms with Crippen molar-refractivity contribution in [2.24, 2.45) is 5.41 Å². The number of benzene rings is 1. The molecule has 0 saturated heterocycles. The molecule has 42 heavy (non-hydrogen) atoms. The summed E-state index contributed by atoms with van der Waals surface area (Å²) in [7, 11) is -3.68. The van der Waals surface area contributed by atoms with E-state index in [9.17, 15) is 23.5 Å². The van der Waals surface area contributed by atoms with E-state index in [0.717, 1.165) is 22.4 Å². The molecule has 3 atom stereocenters. The molecule has 1 heterocycles. The lowest BCUT2D eigenvalue weighted by molar-refractivity contribution is -0.131. The van der Waals surface area contributed by atoms with Crippen LogP contribution in [0.15, 0.2) is 85.1 Å². The van der Waals surface area contributed by atoms with Crippen LogP contribution in [-0.2, 0) is 21.4 Å². The quantitative estimate of drug-likeness (QED) is 0.145. The molecule has 0 fully saturated rings. The SMILES string of the molecule is C=C/C=C\C(=C/C)CC(NO)C(O)CN(Cc1ccc(-c2ccccn2)cc1)NC(=O)C(NS(=O)(=O)CC)C(C)(C)C. The maximum Gasteiger partial charge on any atom is 0.252 e. The number of hydrogen-bond donors (Lipinski definition) is 5. The van der Waals surface area contributed by atoms with Gasteiger partial charge in [-0.25, -0.2) is 18.1 Å². The summed E-state index contributed by atoms with van der Waals surface area (Å²) in [5, 5.41) is 22.5. The normalized spacial score (nSPS) is 15.0. The third-order valence-electron chi connectivity index (χ3n) is 6.67. The van der Waals surface area contributed by atoms with Gasteiger partial charge in [-0.1, -0.05) is 87.6 Å². The summed E-state index contributed by atoms with van der Waals surface area (Å²) in [5.74, 6) is -0.733. The van der Waals surface area contributed by atoms with E-state index in [4.69, 9.17) is 0 Å². The van der Waals surface area contributed by atoms with Crippen molar-refractivity contribution in [2.45, 2.75) is 65.8 Å². The standard InChI is InChI=1S/C31H45N5O5S/c1-7-10-13-23(8-2)20-27(34-39)28(37)22-36(33-30(38)29(31(4,5)6)35-42(40,41)9-3)21-24-15-17-25(18-16-24)26-14-11-12-19-32-26/h7-8,10-19,27-29,34-35,37,39H,1,9,20-22H2,2-6H3,(H,33,38)/b13-10-,23-8+. The fraction of sp³-hybridized carbons (Fsp3) is 0.419. The molecule has 0 bridgehead atoms. The van der Waals surface area contributed by atoms with E-state index in [-0.39, 0.29) is 18.8 Å². The van der Waals surface area contributed by atoms with Crippen molar-refractivity contribution in [3.05, 3.63) is 90.7 Å². The first-order valence-electron chi connectivity index (χ1n) is 13.9. The van der Waals surface area contributed by atoms with Crippen LogP contribution in [0.2, 0.25) is 0 Å². The number of allylic oxidation sites excluding steroid dienone is 4. The molecule has 11 heteroatoms. The van der Waals surface area contributed by atoms with Crippen LogP contribution in [0.1, 0.15) is 46.6 Å². The Morgan fingerprint density at radius 2 is 1.86 bits per heavy atom. The molecule has 230 valence electrons. The monoisotopic (exact) mass is 599 g/mol. The highest BCUT2D eigenvalue weighted by atomic mass is 32.2. The number of hydrazine groups is 1. The number of carbonyl (C=O) groups is 1. The number of sulfonamides is 1. The topological polar surface area (TPSA) is 144 Å². The maximum absolute atomic E-state index is 13.5. The fourth-order valence-corrected chi connectivity index (χ4v) is 5.13. The van der Waals surface area contributed by atoms with E-state index in [1.54, 1.807) is 39.1 Å². The highest BCUT2D eigenvalue weighted by Crippen LogP contribution is 2.22. The van der Waals surface area contributed by atoms with Gasteiger partial charge in [0.15, 0.2) is 0 Å². The van der Waals surface area contributed by atoms with Crippen LogP contribution in [0.4, 0.5) is 0 Å². The number of nitrogens with one attached hydrogen (secondary N) is 3. The largest absolute Gasteiger partial charge is 0.390 e. The van der Waals surface area contributed by atoms with Crippen molar-refractivity contribution in [1.82, 2.24) is 25.6 Å². The van der Waals surface area contributed by atoms with Gasteiger partial charge in [-0.05, 0) is 43.4 Å². The number of nitrogens with zero attached hydrogens (tertiary/aromatic N) is 2. The van der Waals surface area contributed by atoms with Crippen LogP contribution in [0.25, 0.3) is 11.3 Å². The fourth-order valence-electron chi connectivity index (χ4n) is 4.14. The predicted octanol–water partition coefficient (Wildman–Crippen LogP) is 3.72. The number of amides is 1. The van der Waals surface area contributed by atoms with Crippen molar-refractivity contribution < 1.29 is 23.5 Å². The molecular weight excluding hydrogens is 554 g/mol. The van der Waals surface area contributed by atoms with Crippen LogP contribution in [0.5, 0.6) is 0 Å². The molecular formula is C31H45N5O5S. The van der Waals surface area contributed by atoms with E-state index in [2.05, 4.69) is 27.2 Å². The number of rotatable bonds is 16. The van der Waals surface area contributed by atoms with E-state index < -0.39 is 39.5 Å². The van der Waals surface area contributed by atoms with E-state index in [1.165, 1.54) is 11.9 Å². The molecule has 1 amide bonds. The Bertz CT molecular complexity index is 1310. The minimum atomic E-state index is -3.68. The molecule has 0 aliphatic carbocycles. The average molecular weight is 600 g/mol. The number of aromatic nitrogens is 1. The molecule has 0 aliphatic rings. The third-order valence-corrected chi connectivity index (χ3v) is 8.03. The van der Waals surface area contributed by atoms with Crippen molar-refractivity contribution in [1.29, 1.82) is 0 Å². The third kappa shape index (κ3) is 11.2. The van der Waals surface area contributed by atoms with Gasteiger partial charge in [-0.2, -0.15) is 5.48 Å². The van der Waals surface area contributed by atoms with Gasteiger partial charge in [-0.15, -0.1) is 0 Å². The summed E-state index contributed by atoms with van der Waals surface area (Å²) >= 11 is 0. The van der Waals surface area contributed by atoms with Crippen molar-refractivity contribution in [2.75, 3.05) is 12.3 Å². The summed E-state index contributed by atoms with van der Waals surface area (Å²) < 4.78 is 27.3. The van der Waals surface area contributed by atoms with Gasteiger partial charge in [0.2, 0.25) is 10.0 Å². The molecule has 0 saturated carbocycles. The number of pyridine rings is 1. The molecule has 0 aliphatic heterocycles. The van der Waals surface area contributed by atoms with E-state index >= 15 is 0 Å². The minimum Gasteiger partial charge on any atom is -0.390 e. The highest BCUT2D eigenvalue weighted by Gasteiger charge is 2.35. The van der Waals surface area contributed by atoms with Crippen molar-refractivity contribution >= 4 is 15.9 Å². The molecule has 0 spiro atoms. The molecule has 0 radical (unpaired) electrons. The predicted molar refractivity (Wildman–Crippen MR) is 166 cm³/mol. The smallest absolute Gasteiger partial charge is 0.252 e. The first-order chi connectivity index (χ1) is 19.8. The molecule has 10 nitrogen and oxygen atoms in total. The average Bonchev–Trinajstić information content (AvgIpc) is 2.96. The number of hydroxylamine groups is 1. The summed E-state index contributed by atoms with van der Waals surface area (Å²) in [5.41, 5.74) is 7.71. The number of aliphatic hydroxyl groups excluding tert-OH is 1. The summed E-state index contributed by atoms with van der Waals surface area (Å²) in [4.78, 5) is 17.9. The number of hydrogen-bond acceptors (Lipinski definition) is 8. The second-order valence-electron chi connectivity index (χ2n) is 11.1. The van der Waals surface area contributed by atoms with E-state index in [0.29, 0.717) is 6.42 Å². The van der Waals surface area contributed by atoms with Crippen molar-refractivity contribution in [3.63, 3.8) is 0 Å². The first kappa shape index (κ1) is 35.0. The Balaban J connectivity index is 2.34. The Hall–Kier alpha value is -3.19.